The summed E-state index contributed by atoms with van der Waals surface area (Å²) in [6.07, 6.45) is 12.0. The van der Waals surface area contributed by atoms with E-state index >= 15 is 4.21 Å². The van der Waals surface area contributed by atoms with Crippen LogP contribution in [-0.4, -0.2) is 80.5 Å². The van der Waals surface area contributed by atoms with Crippen molar-refractivity contribution in [3.63, 3.8) is 0 Å². The van der Waals surface area contributed by atoms with Crippen molar-refractivity contribution >= 4 is 39.1 Å². The highest BCUT2D eigenvalue weighted by Crippen LogP contribution is 2.47. The molecule has 0 unspecified atom stereocenters. The van der Waals surface area contributed by atoms with Crippen LogP contribution in [0.25, 0.3) is 0 Å². The maximum absolute atomic E-state index is 15.1. The molecule has 5 atom stereocenters. The Labute approximate surface area is 318 Å². The average Bonchev–Trinajstić information content (AvgIpc) is 3.27. The Morgan fingerprint density at radius 1 is 1.06 bits per heavy atom. The van der Waals surface area contributed by atoms with E-state index in [2.05, 4.69) is 31.4 Å². The Hall–Kier alpha value is -3.16. The van der Waals surface area contributed by atoms with Gasteiger partial charge in [0.25, 0.3) is 5.91 Å². The predicted octanol–water partition coefficient (Wildman–Crippen LogP) is 6.74. The van der Waals surface area contributed by atoms with Crippen LogP contribution in [0.2, 0.25) is 5.02 Å². The van der Waals surface area contributed by atoms with Gasteiger partial charge in [0, 0.05) is 43.8 Å². The summed E-state index contributed by atoms with van der Waals surface area (Å²) in [6, 6.07) is 10.7. The zero-order valence-electron chi connectivity index (χ0n) is 31.2. The normalized spacial score (nSPS) is 32.6. The molecule has 1 spiro atoms. The summed E-state index contributed by atoms with van der Waals surface area (Å²) in [5.41, 5.74) is 1.53. The molecular weight excluding hydrogens is 716 g/mol. The van der Waals surface area contributed by atoms with Crippen molar-refractivity contribution in [2.24, 2.45) is 16.2 Å². The van der Waals surface area contributed by atoms with Gasteiger partial charge in [0.2, 0.25) is 0 Å². The number of hydrogen-bond acceptors (Lipinski definition) is 8. The van der Waals surface area contributed by atoms with Gasteiger partial charge in [-0.2, -0.15) is 0 Å². The number of nitrogens with zero attached hydrogens (tertiary/aromatic N) is 2. The van der Waals surface area contributed by atoms with Crippen LogP contribution in [0.3, 0.4) is 0 Å². The van der Waals surface area contributed by atoms with Crippen LogP contribution in [0, 0.1) is 11.8 Å². The maximum atomic E-state index is 15.1. The molecule has 2 saturated carbocycles. The van der Waals surface area contributed by atoms with Gasteiger partial charge in [-0.25, -0.2) is 13.7 Å². The molecule has 0 radical (unpaired) electrons. The summed E-state index contributed by atoms with van der Waals surface area (Å²) in [4.78, 5) is 30.0. The van der Waals surface area contributed by atoms with Gasteiger partial charge >= 0.3 is 6.03 Å². The third-order valence-corrected chi connectivity index (χ3v) is 14.1. The number of hydrogen-bond donors (Lipinski definition) is 2. The Morgan fingerprint density at radius 2 is 1.87 bits per heavy atom. The second-order valence-electron chi connectivity index (χ2n) is 15.9. The number of rotatable bonds is 4. The highest BCUT2D eigenvalue weighted by molar-refractivity contribution is 7.92. The summed E-state index contributed by atoms with van der Waals surface area (Å²) in [6.45, 7) is 5.20. The first-order chi connectivity index (χ1) is 25.4. The zero-order valence-corrected chi connectivity index (χ0v) is 32.8. The average molecular weight is 769 g/mol. The molecule has 2 fully saturated rings. The monoisotopic (exact) mass is 768 g/mol. The van der Waals surface area contributed by atoms with Crippen LogP contribution in [0.1, 0.15) is 76.3 Å². The molecule has 11 nitrogen and oxygen atoms in total. The summed E-state index contributed by atoms with van der Waals surface area (Å²) >= 11 is 6.48. The molecule has 288 valence electrons. The molecule has 3 amide bonds. The van der Waals surface area contributed by atoms with Crippen molar-refractivity contribution in [2.45, 2.75) is 106 Å². The molecule has 7 rings (SSSR count). The molecule has 2 N–H and O–H groups in total. The number of aryl methyl sites for hydroxylation is 1. The number of amides is 3. The smallest absolute Gasteiger partial charge is 0.327 e. The highest BCUT2D eigenvalue weighted by atomic mass is 35.5. The number of carbonyl (C=O) groups excluding carboxylic acids is 2. The van der Waals surface area contributed by atoms with Crippen molar-refractivity contribution in [3.8, 4) is 5.75 Å². The number of fused-ring (bicyclic) bond motifs is 4. The third-order valence-electron chi connectivity index (χ3n) is 12.1. The van der Waals surface area contributed by atoms with Gasteiger partial charge in [-0.15, -0.1) is 4.36 Å². The molecule has 53 heavy (non-hydrogen) atoms. The van der Waals surface area contributed by atoms with Crippen molar-refractivity contribution < 1.29 is 32.7 Å². The molecule has 2 aromatic rings. The second-order valence-corrected chi connectivity index (χ2v) is 18.2. The molecule has 0 saturated heterocycles. The number of halogens is 1. The second kappa shape index (κ2) is 15.5. The quantitative estimate of drug-likeness (QED) is 0.328. The van der Waals surface area contributed by atoms with E-state index in [1.54, 1.807) is 46.3 Å². The number of methoxy groups -OCH3 is 2. The zero-order chi connectivity index (χ0) is 37.4. The van der Waals surface area contributed by atoms with Crippen LogP contribution in [0.5, 0.6) is 5.75 Å². The van der Waals surface area contributed by atoms with Gasteiger partial charge in [-0.05, 0) is 125 Å². The molecule has 2 aliphatic heterocycles. The maximum Gasteiger partial charge on any atom is 0.327 e. The Morgan fingerprint density at radius 3 is 2.60 bits per heavy atom. The lowest BCUT2D eigenvalue weighted by Gasteiger charge is -2.46. The molecule has 5 aliphatic rings. The fourth-order valence-electron chi connectivity index (χ4n) is 8.85. The molecule has 3 aliphatic carbocycles. The lowest BCUT2D eigenvalue weighted by molar-refractivity contribution is -0.137. The summed E-state index contributed by atoms with van der Waals surface area (Å²) in [5.74, 6) is 0.516. The van der Waals surface area contributed by atoms with E-state index < -0.39 is 27.5 Å². The first-order valence-corrected chi connectivity index (χ1v) is 20.9. The molecule has 2 bridgehead atoms. The summed E-state index contributed by atoms with van der Waals surface area (Å²) in [7, 11) is -0.417. The largest absolute Gasteiger partial charge is 0.490 e. The van der Waals surface area contributed by atoms with Gasteiger partial charge in [0.05, 0.1) is 36.0 Å². The predicted molar refractivity (Wildman–Crippen MR) is 205 cm³/mol. The number of urea groups is 1. The standard InChI is InChI=1S/C40H53ClN4O7S/c1-39(2)37(46)43-53(48,44-38(47)42-29-11-13-30(49-3)14-12-29)31-15-18-36-34(22-31)45(23-27-9-16-32(27)35(50-4)8-6-20-52-39)24-40(25-51-36)19-5-7-26-21-28(41)10-17-33(26)40/h6,8,10,15,17-18,21-22,27,29-30,32,35H,5,7,9,11-14,16,19-20,23-25H2,1-4H3,(H2,42,43,44,46,47,48)/t27-,29-,30-,32+,35-,40-,53+/m0/s1. The van der Waals surface area contributed by atoms with Crippen LogP contribution in [0.15, 0.2) is 57.8 Å². The van der Waals surface area contributed by atoms with Gasteiger partial charge in [0.15, 0.2) is 9.92 Å². The van der Waals surface area contributed by atoms with Crippen LogP contribution in [-0.2, 0) is 40.8 Å². The van der Waals surface area contributed by atoms with Gasteiger partial charge in [-0.1, -0.05) is 29.8 Å². The number of ether oxygens (including phenoxy) is 4. The minimum Gasteiger partial charge on any atom is -0.490 e. The van der Waals surface area contributed by atoms with E-state index in [1.165, 1.54) is 11.1 Å². The molecule has 0 aromatic heterocycles. The van der Waals surface area contributed by atoms with E-state index in [4.69, 9.17) is 30.5 Å². The van der Waals surface area contributed by atoms with E-state index in [0.29, 0.717) is 24.8 Å². The molecule has 2 heterocycles. The third kappa shape index (κ3) is 7.99. The molecule has 2 aromatic carbocycles. The SMILES string of the molecule is CO[C@H]1C=CCOC(C)(C)C(=O)N=[S@@](=O)(NC(=O)N[C@H]2CC[C@H](OC)CC2)c2ccc3c(c2)N(C[C@@H]2CC[C@H]21)C[C@@]1(CCCc2cc(Cl)ccc21)CO3. The minimum absolute atomic E-state index is 0.111. The fourth-order valence-corrected chi connectivity index (χ4v) is 10.6. The van der Waals surface area contributed by atoms with Crippen LogP contribution >= 0.6 is 11.6 Å². The number of nitrogens with one attached hydrogen (secondary N) is 2. The van der Waals surface area contributed by atoms with E-state index in [9.17, 15) is 9.59 Å². The van der Waals surface area contributed by atoms with Gasteiger partial charge in [-0.3, -0.25) is 4.79 Å². The number of anilines is 1. The van der Waals surface area contributed by atoms with E-state index in [-0.39, 0.29) is 41.1 Å². The van der Waals surface area contributed by atoms with Gasteiger partial charge in [0.1, 0.15) is 11.4 Å². The van der Waals surface area contributed by atoms with Crippen molar-refractivity contribution in [1.82, 2.24) is 10.0 Å². The molecule has 13 heteroatoms. The Balaban J connectivity index is 1.30. The van der Waals surface area contributed by atoms with E-state index in [1.807, 2.05) is 18.2 Å². The lowest BCUT2D eigenvalue weighted by atomic mass is 9.68. The first kappa shape index (κ1) is 38.1. The lowest BCUT2D eigenvalue weighted by Crippen LogP contribution is -2.49. The Bertz CT molecular complexity index is 1850. The summed E-state index contributed by atoms with van der Waals surface area (Å²) < 4.78 is 46.3. The highest BCUT2D eigenvalue weighted by Gasteiger charge is 2.45. The first-order valence-electron chi connectivity index (χ1n) is 19.0. The van der Waals surface area contributed by atoms with Crippen LogP contribution in [0.4, 0.5) is 10.5 Å². The Kier molecular flexibility index (Phi) is 11.2. The van der Waals surface area contributed by atoms with E-state index in [0.717, 1.165) is 75.0 Å². The van der Waals surface area contributed by atoms with Gasteiger partial charge < -0.3 is 29.2 Å². The van der Waals surface area contributed by atoms with Crippen LogP contribution < -0.4 is 19.7 Å². The van der Waals surface area contributed by atoms with Crippen molar-refractivity contribution in [3.05, 3.63) is 64.7 Å². The summed E-state index contributed by atoms with van der Waals surface area (Å²) in [5, 5.41) is 3.71. The minimum atomic E-state index is -3.85. The molecular formula is C40H53ClN4O7S. The number of carbonyl (C=O) groups is 2. The number of benzene rings is 2. The van der Waals surface area contributed by atoms with Crippen molar-refractivity contribution in [1.29, 1.82) is 0 Å². The van der Waals surface area contributed by atoms with Crippen molar-refractivity contribution in [2.75, 3.05) is 45.4 Å². The fraction of sp³-hybridized carbons (Fsp3) is 0.600. The topological polar surface area (TPSA) is 128 Å².